The molecule has 0 aliphatic rings. The molecule has 0 fully saturated rings. The molecule has 0 spiro atoms. The average Bonchev–Trinajstić information content (AvgIpc) is 3.44. The molecule has 0 bridgehead atoms. The highest BCUT2D eigenvalue weighted by Gasteiger charge is 2.18. The summed E-state index contributed by atoms with van der Waals surface area (Å²) in [6.45, 7) is 6.24. The summed E-state index contributed by atoms with van der Waals surface area (Å²) in [5.74, 6) is 2.32. The Kier molecular flexibility index (Phi) is 5.30. The molecule has 162 valence electrons. The Balaban J connectivity index is 1.67. The summed E-state index contributed by atoms with van der Waals surface area (Å²) in [7, 11) is 0. The number of nitrogens with zero attached hydrogens (tertiary/aromatic N) is 5. The lowest BCUT2D eigenvalue weighted by atomic mass is 9.98. The molecule has 3 heterocycles. The van der Waals surface area contributed by atoms with Crippen molar-refractivity contribution in [3.05, 3.63) is 82.0 Å². The summed E-state index contributed by atoms with van der Waals surface area (Å²) in [6, 6.07) is 17.6. The summed E-state index contributed by atoms with van der Waals surface area (Å²) in [4.78, 5) is 13.5. The third-order valence-electron chi connectivity index (χ3n) is 5.75. The van der Waals surface area contributed by atoms with Crippen molar-refractivity contribution in [2.24, 2.45) is 0 Å². The van der Waals surface area contributed by atoms with Gasteiger partial charge in [-0.05, 0) is 49.1 Å². The molecule has 0 saturated heterocycles. The van der Waals surface area contributed by atoms with Crippen LogP contribution >= 0.6 is 11.8 Å². The van der Waals surface area contributed by atoms with Crippen molar-refractivity contribution >= 4 is 28.4 Å². The first-order valence-corrected chi connectivity index (χ1v) is 11.6. The van der Waals surface area contributed by atoms with Crippen LogP contribution in [0.25, 0.3) is 22.4 Å². The van der Waals surface area contributed by atoms with Gasteiger partial charge >= 0.3 is 0 Å². The van der Waals surface area contributed by atoms with E-state index < -0.39 is 0 Å². The average molecular weight is 446 g/mol. The Bertz CT molecular complexity index is 1470. The topological polar surface area (TPSA) is 78.2 Å². The third-order valence-corrected chi connectivity index (χ3v) is 6.72. The van der Waals surface area contributed by atoms with Crippen LogP contribution in [0.1, 0.15) is 43.2 Å². The summed E-state index contributed by atoms with van der Waals surface area (Å²) in [6.07, 6.45) is 1.06. The minimum atomic E-state index is -0.111. The van der Waals surface area contributed by atoms with E-state index in [1.807, 2.05) is 53.8 Å². The monoisotopic (exact) mass is 445 g/mol. The minimum Gasteiger partial charge on any atom is -0.361 e. The second-order valence-corrected chi connectivity index (χ2v) is 8.84. The van der Waals surface area contributed by atoms with Crippen LogP contribution in [0, 0.1) is 6.92 Å². The van der Waals surface area contributed by atoms with Gasteiger partial charge in [0.05, 0.1) is 22.3 Å². The molecular formula is C24H23N5O2S. The fraction of sp³-hybridized carbons (Fsp3) is 0.250. The molecule has 5 aromatic rings. The van der Waals surface area contributed by atoms with Crippen LogP contribution in [0.4, 0.5) is 0 Å². The molecule has 2 aromatic carbocycles. The van der Waals surface area contributed by atoms with E-state index in [-0.39, 0.29) is 5.56 Å². The first-order chi connectivity index (χ1) is 15.6. The van der Waals surface area contributed by atoms with Crippen LogP contribution in [-0.2, 0) is 5.75 Å². The van der Waals surface area contributed by atoms with Crippen molar-refractivity contribution in [1.29, 1.82) is 0 Å². The molecule has 0 radical (unpaired) electrons. The van der Waals surface area contributed by atoms with Crippen LogP contribution in [-0.4, -0.2) is 24.3 Å². The van der Waals surface area contributed by atoms with Gasteiger partial charge in [0.1, 0.15) is 5.76 Å². The third kappa shape index (κ3) is 3.50. The maximum absolute atomic E-state index is 13.5. The second-order valence-electron chi connectivity index (χ2n) is 7.89. The number of hydrogen-bond acceptors (Lipinski definition) is 6. The van der Waals surface area contributed by atoms with Crippen molar-refractivity contribution < 1.29 is 4.52 Å². The number of rotatable bonds is 6. The van der Waals surface area contributed by atoms with E-state index in [0.29, 0.717) is 28.0 Å². The molecule has 8 heteroatoms. The van der Waals surface area contributed by atoms with Gasteiger partial charge in [0, 0.05) is 11.8 Å². The molecule has 0 aliphatic heterocycles. The quantitative estimate of drug-likeness (QED) is 0.337. The van der Waals surface area contributed by atoms with Crippen LogP contribution in [0.2, 0.25) is 0 Å². The van der Waals surface area contributed by atoms with Crippen molar-refractivity contribution in [1.82, 2.24) is 24.3 Å². The normalized spacial score (nSPS) is 12.6. The number of fused-ring (bicyclic) bond motifs is 3. The molecule has 0 N–H and O–H groups in total. The zero-order valence-electron chi connectivity index (χ0n) is 18.1. The number of hydrogen-bond donors (Lipinski definition) is 0. The number of aromatic nitrogens is 5. The van der Waals surface area contributed by atoms with Gasteiger partial charge in [0.15, 0.2) is 5.16 Å². The summed E-state index contributed by atoms with van der Waals surface area (Å²) in [5.41, 5.74) is 3.53. The van der Waals surface area contributed by atoms with Crippen molar-refractivity contribution in [3.63, 3.8) is 0 Å². The molecule has 7 nitrogen and oxygen atoms in total. The van der Waals surface area contributed by atoms with E-state index in [1.165, 1.54) is 17.3 Å². The van der Waals surface area contributed by atoms with Gasteiger partial charge in [-0.3, -0.25) is 9.20 Å². The SMILES string of the molecule is CC[C@H](C)c1ccc(-n2c(=O)c3ccccc3n3c(SCc4cc(C)on4)nnc23)cc1. The van der Waals surface area contributed by atoms with Gasteiger partial charge < -0.3 is 4.52 Å². The molecule has 0 unspecified atom stereocenters. The molecular weight excluding hydrogens is 422 g/mol. The van der Waals surface area contributed by atoms with Crippen LogP contribution in [0.3, 0.4) is 0 Å². The minimum absolute atomic E-state index is 0.111. The summed E-state index contributed by atoms with van der Waals surface area (Å²) >= 11 is 1.51. The Morgan fingerprint density at radius 3 is 2.59 bits per heavy atom. The second kappa shape index (κ2) is 8.27. The van der Waals surface area contributed by atoms with Crippen molar-refractivity contribution in [2.75, 3.05) is 0 Å². The Hall–Kier alpha value is -3.39. The van der Waals surface area contributed by atoms with E-state index in [0.717, 1.165) is 29.1 Å². The fourth-order valence-corrected chi connectivity index (χ4v) is 4.64. The van der Waals surface area contributed by atoms with Crippen LogP contribution in [0.5, 0.6) is 0 Å². The van der Waals surface area contributed by atoms with E-state index >= 15 is 0 Å². The predicted octanol–water partition coefficient (Wildman–Crippen LogP) is 5.14. The highest BCUT2D eigenvalue weighted by molar-refractivity contribution is 7.98. The van der Waals surface area contributed by atoms with Gasteiger partial charge in [-0.15, -0.1) is 10.2 Å². The zero-order chi connectivity index (χ0) is 22.2. The number of aryl methyl sites for hydroxylation is 1. The Labute approximate surface area is 189 Å². The number of benzene rings is 2. The smallest absolute Gasteiger partial charge is 0.267 e. The lowest BCUT2D eigenvalue weighted by molar-refractivity contribution is 0.393. The lowest BCUT2D eigenvalue weighted by Crippen LogP contribution is -2.21. The van der Waals surface area contributed by atoms with Gasteiger partial charge in [0.25, 0.3) is 5.56 Å². The van der Waals surface area contributed by atoms with E-state index in [4.69, 9.17) is 4.52 Å². The molecule has 5 rings (SSSR count). The number of thioether (sulfide) groups is 1. The van der Waals surface area contributed by atoms with Crippen LogP contribution < -0.4 is 5.56 Å². The van der Waals surface area contributed by atoms with E-state index in [2.05, 4.69) is 41.3 Å². The number of para-hydroxylation sites is 1. The highest BCUT2D eigenvalue weighted by Crippen LogP contribution is 2.26. The zero-order valence-corrected chi connectivity index (χ0v) is 19.0. The standard InChI is InChI=1S/C24H23N5O2S/c1-4-15(2)17-9-11-19(12-10-17)28-22(30)20-7-5-6-8-21(20)29-23(28)25-26-24(29)32-14-18-13-16(3)31-27-18/h5-13,15H,4,14H2,1-3H3/t15-/m0/s1. The Morgan fingerprint density at radius 2 is 1.88 bits per heavy atom. The van der Waals surface area contributed by atoms with Crippen molar-refractivity contribution in [2.45, 2.75) is 44.0 Å². The van der Waals surface area contributed by atoms with E-state index in [1.54, 1.807) is 4.57 Å². The first-order valence-electron chi connectivity index (χ1n) is 10.6. The molecule has 32 heavy (non-hydrogen) atoms. The molecule has 3 aromatic heterocycles. The summed E-state index contributed by atoms with van der Waals surface area (Å²) in [5, 5.41) is 14.2. The van der Waals surface area contributed by atoms with Gasteiger partial charge in [-0.25, -0.2) is 4.57 Å². The largest absolute Gasteiger partial charge is 0.361 e. The summed E-state index contributed by atoms with van der Waals surface area (Å²) < 4.78 is 8.75. The molecule has 1 atom stereocenters. The Morgan fingerprint density at radius 1 is 1.09 bits per heavy atom. The van der Waals surface area contributed by atoms with Gasteiger partial charge in [-0.2, -0.15) is 0 Å². The van der Waals surface area contributed by atoms with Crippen LogP contribution in [0.15, 0.2) is 69.1 Å². The predicted molar refractivity (Wildman–Crippen MR) is 126 cm³/mol. The molecule has 0 saturated carbocycles. The van der Waals surface area contributed by atoms with Gasteiger partial charge in [-0.1, -0.05) is 55.0 Å². The van der Waals surface area contributed by atoms with Crippen molar-refractivity contribution in [3.8, 4) is 5.69 Å². The first kappa shape index (κ1) is 20.5. The van der Waals surface area contributed by atoms with Gasteiger partial charge in [0.2, 0.25) is 5.78 Å². The maximum atomic E-state index is 13.5. The maximum Gasteiger partial charge on any atom is 0.267 e. The molecule has 0 aliphatic carbocycles. The fourth-order valence-electron chi connectivity index (χ4n) is 3.82. The highest BCUT2D eigenvalue weighted by atomic mass is 32.2. The molecule has 0 amide bonds. The van der Waals surface area contributed by atoms with E-state index in [9.17, 15) is 4.79 Å². The lowest BCUT2D eigenvalue weighted by Gasteiger charge is -2.13.